The summed E-state index contributed by atoms with van der Waals surface area (Å²) in [5.74, 6) is 0. The highest BCUT2D eigenvalue weighted by atomic mass is 79.9. The van der Waals surface area contributed by atoms with Crippen LogP contribution in [0.15, 0.2) is 75.6 Å². The van der Waals surface area contributed by atoms with Crippen molar-refractivity contribution >= 4 is 49.2 Å². The molecule has 0 fully saturated rings. The Bertz CT molecular complexity index is 925. The van der Waals surface area contributed by atoms with Crippen LogP contribution in [0.25, 0.3) is 21.9 Å². The summed E-state index contributed by atoms with van der Waals surface area (Å²) in [6, 6.07) is 22.4. The average Bonchev–Trinajstić information content (AvgIpc) is 2.89. The van der Waals surface area contributed by atoms with Crippen molar-refractivity contribution in [2.75, 3.05) is 5.32 Å². The van der Waals surface area contributed by atoms with Gasteiger partial charge in [-0.15, -0.1) is 0 Å². The molecule has 2 nitrogen and oxygen atoms in total. The van der Waals surface area contributed by atoms with E-state index in [-0.39, 0.29) is 0 Å². The molecule has 0 aliphatic rings. The Morgan fingerprint density at radius 1 is 0.762 bits per heavy atom. The van der Waals surface area contributed by atoms with Gasteiger partial charge in [-0.3, -0.25) is 0 Å². The predicted octanol–water partition coefficient (Wildman–Crippen LogP) is 6.09. The van der Waals surface area contributed by atoms with Crippen LogP contribution in [0, 0.1) is 0 Å². The van der Waals surface area contributed by atoms with Gasteiger partial charge in [-0.2, -0.15) is 0 Å². The van der Waals surface area contributed by atoms with Crippen molar-refractivity contribution in [1.29, 1.82) is 0 Å². The van der Waals surface area contributed by atoms with Gasteiger partial charge in [-0.25, -0.2) is 0 Å². The van der Waals surface area contributed by atoms with E-state index in [9.17, 15) is 0 Å². The first-order valence-corrected chi connectivity index (χ1v) is 7.53. The molecule has 0 atom stereocenters. The third-order valence-corrected chi connectivity index (χ3v) is 4.06. The van der Waals surface area contributed by atoms with E-state index >= 15 is 0 Å². The maximum atomic E-state index is 6.01. The highest BCUT2D eigenvalue weighted by molar-refractivity contribution is 9.10. The van der Waals surface area contributed by atoms with E-state index < -0.39 is 0 Å². The van der Waals surface area contributed by atoms with Crippen LogP contribution >= 0.6 is 15.9 Å². The number of furan rings is 1. The highest BCUT2D eigenvalue weighted by Crippen LogP contribution is 2.34. The van der Waals surface area contributed by atoms with Gasteiger partial charge in [-0.1, -0.05) is 46.3 Å². The number of para-hydroxylation sites is 2. The summed E-state index contributed by atoms with van der Waals surface area (Å²) in [4.78, 5) is 0. The van der Waals surface area contributed by atoms with Crippen LogP contribution in [0.4, 0.5) is 11.4 Å². The minimum absolute atomic E-state index is 0.890. The van der Waals surface area contributed by atoms with Crippen LogP contribution in [0.1, 0.15) is 0 Å². The Kier molecular flexibility index (Phi) is 2.93. The molecule has 0 spiro atoms. The van der Waals surface area contributed by atoms with Crippen LogP contribution in [0.3, 0.4) is 0 Å². The second-order valence-corrected chi connectivity index (χ2v) is 5.83. The normalized spacial score (nSPS) is 11.1. The standard InChI is InChI=1S/C18H12BrNO/c19-12-8-10-13(11-9-12)20-16-6-3-5-15-14-4-1-2-7-17(14)21-18(15)16/h1-11,20H. The minimum Gasteiger partial charge on any atom is -0.454 e. The molecule has 1 aromatic heterocycles. The lowest BCUT2D eigenvalue weighted by Crippen LogP contribution is -1.89. The summed E-state index contributed by atoms with van der Waals surface area (Å²) in [6.07, 6.45) is 0. The molecule has 1 N–H and O–H groups in total. The van der Waals surface area contributed by atoms with Crippen molar-refractivity contribution in [1.82, 2.24) is 0 Å². The summed E-state index contributed by atoms with van der Waals surface area (Å²) in [6.45, 7) is 0. The van der Waals surface area contributed by atoms with Gasteiger partial charge in [0.1, 0.15) is 5.58 Å². The van der Waals surface area contributed by atoms with E-state index in [1.54, 1.807) is 0 Å². The third-order valence-electron chi connectivity index (χ3n) is 3.53. The maximum absolute atomic E-state index is 6.01. The molecule has 0 radical (unpaired) electrons. The van der Waals surface area contributed by atoms with E-state index in [0.717, 1.165) is 37.8 Å². The fourth-order valence-electron chi connectivity index (χ4n) is 2.53. The van der Waals surface area contributed by atoms with Crippen molar-refractivity contribution in [3.63, 3.8) is 0 Å². The van der Waals surface area contributed by atoms with E-state index in [1.807, 2.05) is 54.6 Å². The summed E-state index contributed by atoms with van der Waals surface area (Å²) >= 11 is 3.45. The van der Waals surface area contributed by atoms with E-state index in [2.05, 4.69) is 33.4 Å². The number of rotatable bonds is 2. The minimum atomic E-state index is 0.890. The molecule has 0 saturated heterocycles. The molecule has 102 valence electrons. The van der Waals surface area contributed by atoms with Gasteiger partial charge in [0.15, 0.2) is 5.58 Å². The lowest BCUT2D eigenvalue weighted by Gasteiger charge is -2.06. The zero-order valence-corrected chi connectivity index (χ0v) is 12.7. The van der Waals surface area contributed by atoms with Gasteiger partial charge >= 0.3 is 0 Å². The van der Waals surface area contributed by atoms with Crippen molar-refractivity contribution in [2.45, 2.75) is 0 Å². The van der Waals surface area contributed by atoms with Gasteiger partial charge in [0.25, 0.3) is 0 Å². The van der Waals surface area contributed by atoms with E-state index in [0.29, 0.717) is 0 Å². The van der Waals surface area contributed by atoms with E-state index in [4.69, 9.17) is 4.42 Å². The topological polar surface area (TPSA) is 25.2 Å². The molecular formula is C18H12BrNO. The third kappa shape index (κ3) is 2.20. The van der Waals surface area contributed by atoms with Crippen molar-refractivity contribution in [2.24, 2.45) is 0 Å². The summed E-state index contributed by atoms with van der Waals surface area (Å²) in [7, 11) is 0. The Hall–Kier alpha value is -2.26. The van der Waals surface area contributed by atoms with Crippen molar-refractivity contribution < 1.29 is 4.42 Å². The van der Waals surface area contributed by atoms with Gasteiger partial charge < -0.3 is 9.73 Å². The number of benzene rings is 3. The largest absolute Gasteiger partial charge is 0.454 e. The predicted molar refractivity (Wildman–Crippen MR) is 91.1 cm³/mol. The first-order chi connectivity index (χ1) is 10.3. The molecule has 3 heteroatoms. The Morgan fingerprint density at radius 3 is 2.38 bits per heavy atom. The first-order valence-electron chi connectivity index (χ1n) is 6.74. The number of hydrogen-bond acceptors (Lipinski definition) is 2. The molecule has 0 saturated carbocycles. The lowest BCUT2D eigenvalue weighted by molar-refractivity contribution is 0.670. The number of nitrogens with one attached hydrogen (secondary N) is 1. The number of anilines is 2. The smallest absolute Gasteiger partial charge is 0.158 e. The zero-order chi connectivity index (χ0) is 14.2. The molecule has 4 rings (SSSR count). The lowest BCUT2D eigenvalue weighted by atomic mass is 10.1. The van der Waals surface area contributed by atoms with Gasteiger partial charge in [0, 0.05) is 20.9 Å². The molecule has 21 heavy (non-hydrogen) atoms. The molecule has 0 aliphatic carbocycles. The Morgan fingerprint density at radius 2 is 1.52 bits per heavy atom. The first kappa shape index (κ1) is 12.5. The fourth-order valence-corrected chi connectivity index (χ4v) is 2.80. The van der Waals surface area contributed by atoms with Gasteiger partial charge in [0.05, 0.1) is 5.69 Å². The van der Waals surface area contributed by atoms with Crippen molar-refractivity contribution in [3.05, 3.63) is 71.2 Å². The fraction of sp³-hybridized carbons (Fsp3) is 0. The maximum Gasteiger partial charge on any atom is 0.158 e. The second kappa shape index (κ2) is 4.93. The van der Waals surface area contributed by atoms with Crippen LogP contribution in [-0.4, -0.2) is 0 Å². The van der Waals surface area contributed by atoms with Gasteiger partial charge in [0.2, 0.25) is 0 Å². The summed E-state index contributed by atoms with van der Waals surface area (Å²) < 4.78 is 7.07. The molecular weight excluding hydrogens is 326 g/mol. The molecule has 4 aromatic rings. The van der Waals surface area contributed by atoms with Crippen LogP contribution in [0.2, 0.25) is 0 Å². The highest BCUT2D eigenvalue weighted by Gasteiger charge is 2.10. The van der Waals surface area contributed by atoms with E-state index in [1.165, 1.54) is 0 Å². The molecule has 0 amide bonds. The molecule has 1 heterocycles. The molecule has 3 aromatic carbocycles. The molecule has 0 bridgehead atoms. The number of halogens is 1. The number of fused-ring (bicyclic) bond motifs is 3. The van der Waals surface area contributed by atoms with Crippen LogP contribution in [-0.2, 0) is 0 Å². The van der Waals surface area contributed by atoms with Crippen LogP contribution < -0.4 is 5.32 Å². The molecule has 0 unspecified atom stereocenters. The zero-order valence-electron chi connectivity index (χ0n) is 11.1. The average molecular weight is 338 g/mol. The Labute approximate surface area is 130 Å². The van der Waals surface area contributed by atoms with Gasteiger partial charge in [-0.05, 0) is 36.4 Å². The quantitative estimate of drug-likeness (QED) is 0.478. The SMILES string of the molecule is Brc1ccc(Nc2cccc3c2oc2ccccc23)cc1. The summed E-state index contributed by atoms with van der Waals surface area (Å²) in [5, 5.41) is 5.70. The Balaban J connectivity index is 1.86. The monoisotopic (exact) mass is 337 g/mol. The summed E-state index contributed by atoms with van der Waals surface area (Å²) in [5.41, 5.74) is 3.82. The molecule has 0 aliphatic heterocycles. The number of hydrogen-bond donors (Lipinski definition) is 1. The second-order valence-electron chi connectivity index (χ2n) is 4.91. The van der Waals surface area contributed by atoms with Crippen molar-refractivity contribution in [3.8, 4) is 0 Å². The van der Waals surface area contributed by atoms with Crippen LogP contribution in [0.5, 0.6) is 0 Å².